The van der Waals surface area contributed by atoms with Crippen molar-refractivity contribution in [1.82, 2.24) is 5.32 Å². The predicted molar refractivity (Wildman–Crippen MR) is 26.3 cm³/mol. The summed E-state index contributed by atoms with van der Waals surface area (Å²) < 4.78 is 4.83. The van der Waals surface area contributed by atoms with Gasteiger partial charge in [-0.3, -0.25) is 5.41 Å². The average molecular weight is 100 g/mol. The molecular formula is C4H8N2O. The Hall–Kier alpha value is -0.730. The van der Waals surface area contributed by atoms with Crippen LogP contribution < -0.4 is 5.32 Å². The first-order valence-corrected chi connectivity index (χ1v) is 2.28. The van der Waals surface area contributed by atoms with Gasteiger partial charge in [-0.25, -0.2) is 0 Å². The fraction of sp³-hybridized carbons (Fsp3) is 0.750. The Kier molecular flexibility index (Phi) is 0.889. The molecule has 0 aromatic carbocycles. The second kappa shape index (κ2) is 1.40. The Bertz CT molecular complexity index is 91.7. The molecule has 3 heteroatoms. The van der Waals surface area contributed by atoms with Crippen molar-refractivity contribution in [2.75, 3.05) is 6.54 Å². The highest BCUT2D eigenvalue weighted by atomic mass is 16.5. The topological polar surface area (TPSA) is 45.1 Å². The van der Waals surface area contributed by atoms with Crippen LogP contribution in [-0.4, -0.2) is 18.7 Å². The Morgan fingerprint density at radius 3 is 2.86 bits per heavy atom. The molecule has 0 amide bonds. The van der Waals surface area contributed by atoms with Gasteiger partial charge in [0.25, 0.3) is 6.02 Å². The largest absolute Gasteiger partial charge is 0.461 e. The van der Waals surface area contributed by atoms with E-state index >= 15 is 0 Å². The normalized spacial score (nSPS) is 29.3. The van der Waals surface area contributed by atoms with E-state index in [-0.39, 0.29) is 12.1 Å². The second-order valence-corrected chi connectivity index (χ2v) is 1.64. The highest BCUT2D eigenvalue weighted by Crippen LogP contribution is 1.94. The first-order chi connectivity index (χ1) is 3.29. The van der Waals surface area contributed by atoms with E-state index in [1.165, 1.54) is 0 Å². The van der Waals surface area contributed by atoms with Gasteiger partial charge in [0.15, 0.2) is 0 Å². The van der Waals surface area contributed by atoms with Crippen LogP contribution in [0.3, 0.4) is 0 Å². The van der Waals surface area contributed by atoms with E-state index < -0.39 is 0 Å². The predicted octanol–water partition coefficient (Wildman–Crippen LogP) is -0.0705. The first-order valence-electron chi connectivity index (χ1n) is 2.28. The van der Waals surface area contributed by atoms with Gasteiger partial charge in [-0.2, -0.15) is 0 Å². The van der Waals surface area contributed by atoms with Crippen LogP contribution in [0.2, 0.25) is 0 Å². The Labute approximate surface area is 42.2 Å². The fourth-order valence-corrected chi connectivity index (χ4v) is 0.521. The van der Waals surface area contributed by atoms with Crippen LogP contribution >= 0.6 is 0 Å². The lowest BCUT2D eigenvalue weighted by atomic mass is 10.4. The third-order valence-electron chi connectivity index (χ3n) is 0.869. The molecule has 0 spiro atoms. The Balaban J connectivity index is 2.40. The molecule has 0 aliphatic carbocycles. The van der Waals surface area contributed by atoms with Gasteiger partial charge in [0.05, 0.1) is 6.54 Å². The van der Waals surface area contributed by atoms with Crippen molar-refractivity contribution in [3.05, 3.63) is 0 Å². The molecule has 0 unspecified atom stereocenters. The van der Waals surface area contributed by atoms with Gasteiger partial charge in [-0.05, 0) is 6.92 Å². The van der Waals surface area contributed by atoms with Crippen molar-refractivity contribution in [2.24, 2.45) is 0 Å². The molecule has 7 heavy (non-hydrogen) atoms. The minimum atomic E-state index is 0.187. The molecule has 0 bridgehead atoms. The summed E-state index contributed by atoms with van der Waals surface area (Å²) in [4.78, 5) is 0. The van der Waals surface area contributed by atoms with Gasteiger partial charge in [-0.15, -0.1) is 0 Å². The molecule has 1 rings (SSSR count). The highest BCUT2D eigenvalue weighted by Gasteiger charge is 2.12. The molecule has 1 aliphatic rings. The van der Waals surface area contributed by atoms with Crippen LogP contribution in [-0.2, 0) is 4.74 Å². The standard InChI is InChI=1S/C4H8N2O/c1-3-2-6-4(5)7-3/h3H,2H2,1H3,(H2,5,6)/t3-/m1/s1. The average Bonchev–Trinajstić information content (AvgIpc) is 1.87. The third-order valence-corrected chi connectivity index (χ3v) is 0.869. The monoisotopic (exact) mass is 100 g/mol. The number of hydrogen-bond acceptors (Lipinski definition) is 2. The van der Waals surface area contributed by atoms with E-state index in [1.807, 2.05) is 6.92 Å². The summed E-state index contributed by atoms with van der Waals surface area (Å²) in [5.74, 6) is 0. The lowest BCUT2D eigenvalue weighted by Crippen LogP contribution is -2.13. The van der Waals surface area contributed by atoms with Crippen LogP contribution in [0, 0.1) is 5.41 Å². The number of hydrogen-bond donors (Lipinski definition) is 2. The highest BCUT2D eigenvalue weighted by molar-refractivity contribution is 5.71. The van der Waals surface area contributed by atoms with E-state index in [1.54, 1.807) is 0 Å². The molecule has 0 aromatic rings. The zero-order chi connectivity index (χ0) is 5.28. The van der Waals surface area contributed by atoms with Crippen LogP contribution in [0.25, 0.3) is 0 Å². The number of nitrogens with one attached hydrogen (secondary N) is 2. The Morgan fingerprint density at radius 2 is 2.71 bits per heavy atom. The minimum Gasteiger partial charge on any atom is -0.461 e. The number of ether oxygens (including phenoxy) is 1. The van der Waals surface area contributed by atoms with E-state index in [4.69, 9.17) is 10.1 Å². The van der Waals surface area contributed by atoms with E-state index in [2.05, 4.69) is 5.32 Å². The van der Waals surface area contributed by atoms with Crippen LogP contribution in [0.1, 0.15) is 6.92 Å². The number of amidine groups is 1. The third kappa shape index (κ3) is 0.824. The van der Waals surface area contributed by atoms with E-state index in [9.17, 15) is 0 Å². The van der Waals surface area contributed by atoms with Gasteiger partial charge in [0.2, 0.25) is 0 Å². The summed E-state index contributed by atoms with van der Waals surface area (Å²) in [5.41, 5.74) is 0. The summed E-state index contributed by atoms with van der Waals surface area (Å²) in [7, 11) is 0. The summed E-state index contributed by atoms with van der Waals surface area (Å²) in [6.45, 7) is 2.70. The van der Waals surface area contributed by atoms with Crippen molar-refractivity contribution in [2.45, 2.75) is 13.0 Å². The molecular weight excluding hydrogens is 92.1 g/mol. The van der Waals surface area contributed by atoms with Gasteiger partial charge in [0, 0.05) is 0 Å². The lowest BCUT2D eigenvalue weighted by Gasteiger charge is -1.94. The molecule has 1 atom stereocenters. The van der Waals surface area contributed by atoms with Crippen LogP contribution in [0.15, 0.2) is 0 Å². The maximum atomic E-state index is 6.85. The second-order valence-electron chi connectivity index (χ2n) is 1.64. The zero-order valence-electron chi connectivity index (χ0n) is 4.19. The lowest BCUT2D eigenvalue weighted by molar-refractivity contribution is 0.250. The van der Waals surface area contributed by atoms with Crippen molar-refractivity contribution in [3.8, 4) is 0 Å². The van der Waals surface area contributed by atoms with E-state index in [0.29, 0.717) is 0 Å². The minimum absolute atomic E-state index is 0.187. The van der Waals surface area contributed by atoms with Crippen molar-refractivity contribution < 1.29 is 4.74 Å². The summed E-state index contributed by atoms with van der Waals surface area (Å²) in [6, 6.07) is 0.201. The molecule has 3 nitrogen and oxygen atoms in total. The van der Waals surface area contributed by atoms with Gasteiger partial charge >= 0.3 is 0 Å². The fourth-order valence-electron chi connectivity index (χ4n) is 0.521. The maximum Gasteiger partial charge on any atom is 0.282 e. The molecule has 40 valence electrons. The molecule has 1 aliphatic heterocycles. The summed E-state index contributed by atoms with van der Waals surface area (Å²) in [6.07, 6.45) is 0.187. The molecule has 0 aromatic heterocycles. The molecule has 0 saturated carbocycles. The maximum absolute atomic E-state index is 6.85. The SMILES string of the molecule is C[C@@H]1CNC(=N)O1. The quantitative estimate of drug-likeness (QED) is 0.447. The smallest absolute Gasteiger partial charge is 0.282 e. The van der Waals surface area contributed by atoms with Crippen LogP contribution in [0.5, 0.6) is 0 Å². The van der Waals surface area contributed by atoms with Crippen molar-refractivity contribution in [1.29, 1.82) is 5.41 Å². The first kappa shape index (κ1) is 4.43. The zero-order valence-corrected chi connectivity index (χ0v) is 4.19. The molecule has 1 fully saturated rings. The van der Waals surface area contributed by atoms with Gasteiger partial charge in [0.1, 0.15) is 6.10 Å². The summed E-state index contributed by atoms with van der Waals surface area (Å²) in [5, 5.41) is 9.58. The van der Waals surface area contributed by atoms with E-state index in [0.717, 1.165) is 6.54 Å². The Morgan fingerprint density at radius 1 is 2.00 bits per heavy atom. The molecule has 0 radical (unpaired) electrons. The van der Waals surface area contributed by atoms with Gasteiger partial charge in [-0.1, -0.05) is 0 Å². The summed E-state index contributed by atoms with van der Waals surface area (Å²) >= 11 is 0. The molecule has 2 N–H and O–H groups in total. The number of rotatable bonds is 0. The molecule has 1 saturated heterocycles. The van der Waals surface area contributed by atoms with Crippen molar-refractivity contribution in [3.63, 3.8) is 0 Å². The van der Waals surface area contributed by atoms with Crippen molar-refractivity contribution >= 4 is 6.02 Å². The van der Waals surface area contributed by atoms with Gasteiger partial charge < -0.3 is 10.1 Å². The van der Waals surface area contributed by atoms with Crippen LogP contribution in [0.4, 0.5) is 0 Å². The molecule has 1 heterocycles.